The van der Waals surface area contributed by atoms with Gasteiger partial charge in [0, 0.05) is 5.57 Å². The molecule has 0 aromatic carbocycles. The molecule has 0 heterocycles. The normalized spacial score (nSPS) is 36.2. The van der Waals surface area contributed by atoms with E-state index in [2.05, 4.69) is 0 Å². The fourth-order valence-corrected chi connectivity index (χ4v) is 2.09. The maximum absolute atomic E-state index is 10.5. The van der Waals surface area contributed by atoms with Crippen molar-refractivity contribution >= 4 is 5.97 Å². The van der Waals surface area contributed by atoms with Gasteiger partial charge in [-0.15, -0.1) is 0 Å². The molecule has 0 aromatic rings. The molecule has 54 valence electrons. The van der Waals surface area contributed by atoms with Crippen LogP contribution in [0.15, 0.2) is 11.6 Å². The Morgan fingerprint density at radius 2 is 2.40 bits per heavy atom. The van der Waals surface area contributed by atoms with E-state index in [1.165, 1.54) is 6.42 Å². The molecule has 1 N–H and O–H groups in total. The van der Waals surface area contributed by atoms with Crippen LogP contribution >= 0.6 is 0 Å². The van der Waals surface area contributed by atoms with Gasteiger partial charge in [0.25, 0.3) is 0 Å². The summed E-state index contributed by atoms with van der Waals surface area (Å²) < 4.78 is 0. The number of fused-ring (bicyclic) bond motifs is 2. The molecule has 0 radical (unpaired) electrons. The maximum atomic E-state index is 10.5. The predicted octanol–water partition coefficient (Wildman–Crippen LogP) is 1.43. The average Bonchev–Trinajstić information content (AvgIpc) is 2.44. The van der Waals surface area contributed by atoms with Crippen LogP contribution in [0.2, 0.25) is 0 Å². The lowest BCUT2D eigenvalue weighted by Crippen LogP contribution is -2.07. The van der Waals surface area contributed by atoms with E-state index in [4.69, 9.17) is 5.11 Å². The Labute approximate surface area is 59.5 Å². The number of carboxylic acid groups (broad SMARTS) is 1. The molecule has 1 unspecified atom stereocenters. The number of hydrogen-bond donors (Lipinski definition) is 1. The van der Waals surface area contributed by atoms with Gasteiger partial charge in [0.05, 0.1) is 0 Å². The van der Waals surface area contributed by atoms with E-state index < -0.39 is 5.97 Å². The second-order valence-corrected chi connectivity index (χ2v) is 3.20. The number of rotatable bonds is 1. The van der Waals surface area contributed by atoms with Gasteiger partial charge in [0.1, 0.15) is 0 Å². The zero-order valence-electron chi connectivity index (χ0n) is 5.71. The van der Waals surface area contributed by atoms with Crippen LogP contribution in [-0.4, -0.2) is 11.1 Å². The monoisotopic (exact) mass is 138 g/mol. The molecule has 2 aliphatic carbocycles. The molecule has 2 rings (SSSR count). The number of carbonyl (C=O) groups is 1. The van der Waals surface area contributed by atoms with Crippen molar-refractivity contribution in [3.8, 4) is 0 Å². The zero-order valence-corrected chi connectivity index (χ0v) is 5.71. The van der Waals surface area contributed by atoms with Gasteiger partial charge in [0.15, 0.2) is 0 Å². The number of allylic oxidation sites excluding steroid dienone is 1. The van der Waals surface area contributed by atoms with Gasteiger partial charge in [-0.25, -0.2) is 4.79 Å². The summed E-state index contributed by atoms with van der Waals surface area (Å²) in [6.45, 7) is 0. The van der Waals surface area contributed by atoms with Gasteiger partial charge in [-0.3, -0.25) is 0 Å². The molecular formula is C8H10O2. The van der Waals surface area contributed by atoms with Gasteiger partial charge in [-0.1, -0.05) is 6.08 Å². The van der Waals surface area contributed by atoms with Crippen LogP contribution in [0.25, 0.3) is 0 Å². The third-order valence-corrected chi connectivity index (χ3v) is 2.58. The summed E-state index contributed by atoms with van der Waals surface area (Å²) in [6.07, 6.45) is 5.35. The Bertz CT molecular complexity index is 205. The fraction of sp³-hybridized carbons (Fsp3) is 0.625. The predicted molar refractivity (Wildman–Crippen MR) is 36.5 cm³/mol. The molecule has 2 heteroatoms. The van der Waals surface area contributed by atoms with E-state index in [1.54, 1.807) is 0 Å². The summed E-state index contributed by atoms with van der Waals surface area (Å²) in [6, 6.07) is 0. The SMILES string of the molecule is O=C(O)C1=CC2CC[C@H]1C2. The third-order valence-electron chi connectivity index (χ3n) is 2.58. The van der Waals surface area contributed by atoms with Crippen LogP contribution in [0.3, 0.4) is 0 Å². The summed E-state index contributed by atoms with van der Waals surface area (Å²) in [4.78, 5) is 10.5. The van der Waals surface area contributed by atoms with Gasteiger partial charge in [-0.05, 0) is 31.1 Å². The van der Waals surface area contributed by atoms with Crippen LogP contribution in [0, 0.1) is 11.8 Å². The van der Waals surface area contributed by atoms with Crippen LogP contribution in [-0.2, 0) is 4.79 Å². The Kier molecular flexibility index (Phi) is 1.10. The first kappa shape index (κ1) is 5.96. The summed E-state index contributed by atoms with van der Waals surface area (Å²) >= 11 is 0. The first-order chi connectivity index (χ1) is 4.77. The van der Waals surface area contributed by atoms with E-state index in [0.29, 0.717) is 17.4 Å². The molecule has 1 fully saturated rings. The lowest BCUT2D eigenvalue weighted by Gasteiger charge is -2.06. The van der Waals surface area contributed by atoms with Crippen LogP contribution in [0.1, 0.15) is 19.3 Å². The van der Waals surface area contributed by atoms with Gasteiger partial charge in [-0.2, -0.15) is 0 Å². The minimum absolute atomic E-state index is 0.391. The standard InChI is InChI=1S/C8H10O2/c9-8(10)7-4-5-1-2-6(7)3-5/h4-6H,1-3H2,(H,9,10)/t5?,6-/m0/s1. The minimum Gasteiger partial charge on any atom is -0.478 e. The highest BCUT2D eigenvalue weighted by Gasteiger charge is 2.35. The van der Waals surface area contributed by atoms with Crippen molar-refractivity contribution in [3.05, 3.63) is 11.6 Å². The first-order valence-electron chi connectivity index (χ1n) is 3.72. The second-order valence-electron chi connectivity index (χ2n) is 3.20. The summed E-state index contributed by atoms with van der Waals surface area (Å²) in [5.74, 6) is 0.283. The summed E-state index contributed by atoms with van der Waals surface area (Å²) in [5, 5.41) is 8.67. The average molecular weight is 138 g/mol. The van der Waals surface area contributed by atoms with E-state index in [1.807, 2.05) is 6.08 Å². The van der Waals surface area contributed by atoms with Gasteiger partial charge < -0.3 is 5.11 Å². The van der Waals surface area contributed by atoms with E-state index in [0.717, 1.165) is 12.8 Å². The molecule has 0 aliphatic heterocycles. The van der Waals surface area contributed by atoms with Crippen LogP contribution < -0.4 is 0 Å². The van der Waals surface area contributed by atoms with E-state index in [-0.39, 0.29) is 0 Å². The van der Waals surface area contributed by atoms with Crippen molar-refractivity contribution in [2.45, 2.75) is 19.3 Å². The van der Waals surface area contributed by atoms with E-state index in [9.17, 15) is 4.79 Å². The molecule has 0 aromatic heterocycles. The highest BCUT2D eigenvalue weighted by molar-refractivity contribution is 5.88. The number of hydrogen-bond acceptors (Lipinski definition) is 1. The molecular weight excluding hydrogens is 128 g/mol. The summed E-state index contributed by atoms with van der Waals surface area (Å²) in [5.41, 5.74) is 0.677. The van der Waals surface area contributed by atoms with Gasteiger partial charge in [0.2, 0.25) is 0 Å². The number of aliphatic carboxylic acids is 1. The molecule has 0 saturated heterocycles. The van der Waals surface area contributed by atoms with Crippen LogP contribution in [0.5, 0.6) is 0 Å². The topological polar surface area (TPSA) is 37.3 Å². The van der Waals surface area contributed by atoms with Crippen molar-refractivity contribution < 1.29 is 9.90 Å². The van der Waals surface area contributed by atoms with Crippen LogP contribution in [0.4, 0.5) is 0 Å². The highest BCUT2D eigenvalue weighted by atomic mass is 16.4. The molecule has 2 aliphatic rings. The minimum atomic E-state index is -0.702. The van der Waals surface area contributed by atoms with Crippen molar-refractivity contribution in [2.24, 2.45) is 11.8 Å². The zero-order chi connectivity index (χ0) is 7.14. The van der Waals surface area contributed by atoms with Crippen molar-refractivity contribution in [1.29, 1.82) is 0 Å². The highest BCUT2D eigenvalue weighted by Crippen LogP contribution is 2.43. The Balaban J connectivity index is 2.25. The first-order valence-corrected chi connectivity index (χ1v) is 3.72. The Hall–Kier alpha value is -0.790. The van der Waals surface area contributed by atoms with Crippen molar-refractivity contribution in [1.82, 2.24) is 0 Å². The molecule has 2 bridgehead atoms. The molecule has 2 atom stereocenters. The maximum Gasteiger partial charge on any atom is 0.331 e. The molecule has 2 nitrogen and oxygen atoms in total. The third kappa shape index (κ3) is 0.681. The second kappa shape index (κ2) is 1.84. The number of carboxylic acids is 1. The lowest BCUT2D eigenvalue weighted by atomic mass is 9.99. The Morgan fingerprint density at radius 3 is 2.70 bits per heavy atom. The molecule has 0 spiro atoms. The molecule has 10 heavy (non-hydrogen) atoms. The quantitative estimate of drug-likeness (QED) is 0.595. The van der Waals surface area contributed by atoms with Gasteiger partial charge >= 0.3 is 5.97 Å². The fourth-order valence-electron chi connectivity index (χ4n) is 2.09. The smallest absolute Gasteiger partial charge is 0.331 e. The van der Waals surface area contributed by atoms with E-state index >= 15 is 0 Å². The molecule has 0 amide bonds. The van der Waals surface area contributed by atoms with Crippen molar-refractivity contribution in [3.63, 3.8) is 0 Å². The lowest BCUT2D eigenvalue weighted by molar-refractivity contribution is -0.133. The Morgan fingerprint density at radius 1 is 1.60 bits per heavy atom. The van der Waals surface area contributed by atoms with Crippen molar-refractivity contribution in [2.75, 3.05) is 0 Å². The summed E-state index contributed by atoms with van der Waals surface area (Å²) in [7, 11) is 0. The molecule has 1 saturated carbocycles. The largest absolute Gasteiger partial charge is 0.478 e.